The van der Waals surface area contributed by atoms with Gasteiger partial charge in [-0.25, -0.2) is 9.37 Å². The smallest absolute Gasteiger partial charge is 0.245 e. The Morgan fingerprint density at radius 3 is 2.90 bits per heavy atom. The second kappa shape index (κ2) is 7.11. The predicted molar refractivity (Wildman–Crippen MR) is 114 cm³/mol. The number of hydrogen-bond acceptors (Lipinski definition) is 4. The number of likely N-dealkylation sites (tertiary alicyclic amines) is 1. The summed E-state index contributed by atoms with van der Waals surface area (Å²) in [6.07, 6.45) is 9.30. The number of pyridine rings is 1. The van der Waals surface area contributed by atoms with Gasteiger partial charge in [-0.3, -0.25) is 4.79 Å². The number of carbonyl (C=O) groups excluding carboxylic acids is 1. The SMILES string of the molecule is C=CC(=O)N1CC2(CCC2Oc2cc(-c3cc(F)c(O)cc3CC)cn3cncc23)C1. The normalized spacial score (nSPS) is 19.2. The Morgan fingerprint density at radius 2 is 2.23 bits per heavy atom. The molecule has 1 aromatic carbocycles. The van der Waals surface area contributed by atoms with Gasteiger partial charge in [0.15, 0.2) is 11.6 Å². The molecule has 0 bridgehead atoms. The van der Waals surface area contributed by atoms with E-state index >= 15 is 0 Å². The van der Waals surface area contributed by atoms with Crippen LogP contribution in [-0.2, 0) is 11.2 Å². The molecule has 3 aromatic rings. The number of phenolic OH excluding ortho intramolecular Hbond substituents is 1. The van der Waals surface area contributed by atoms with Crippen LogP contribution in [-0.4, -0.2) is 44.5 Å². The molecule has 1 unspecified atom stereocenters. The molecule has 160 valence electrons. The molecule has 5 rings (SSSR count). The molecule has 2 aliphatic rings. The third-order valence-corrected chi connectivity index (χ3v) is 6.70. The number of aryl methyl sites for hydroxylation is 1. The van der Waals surface area contributed by atoms with Crippen LogP contribution in [0, 0.1) is 11.2 Å². The molecule has 1 spiro atoms. The fourth-order valence-corrected chi connectivity index (χ4v) is 4.78. The number of carbonyl (C=O) groups is 1. The molecule has 2 aromatic heterocycles. The lowest BCUT2D eigenvalue weighted by Crippen LogP contribution is -2.69. The lowest BCUT2D eigenvalue weighted by Gasteiger charge is -2.59. The van der Waals surface area contributed by atoms with Crippen LogP contribution in [0.25, 0.3) is 16.6 Å². The van der Waals surface area contributed by atoms with Crippen molar-refractivity contribution in [2.75, 3.05) is 13.1 Å². The van der Waals surface area contributed by atoms with Crippen molar-refractivity contribution in [3.8, 4) is 22.6 Å². The molecular weight excluding hydrogens is 397 g/mol. The van der Waals surface area contributed by atoms with E-state index in [2.05, 4.69) is 11.6 Å². The first-order valence-corrected chi connectivity index (χ1v) is 10.5. The summed E-state index contributed by atoms with van der Waals surface area (Å²) in [5, 5.41) is 9.77. The summed E-state index contributed by atoms with van der Waals surface area (Å²) in [5.41, 5.74) is 3.18. The highest BCUT2D eigenvalue weighted by Gasteiger charge is 2.57. The minimum atomic E-state index is -0.653. The lowest BCUT2D eigenvalue weighted by atomic mass is 9.61. The number of halogens is 1. The molecule has 1 amide bonds. The van der Waals surface area contributed by atoms with E-state index in [0.29, 0.717) is 30.8 Å². The maximum absolute atomic E-state index is 14.2. The number of nitrogens with zero attached hydrogens (tertiary/aromatic N) is 3. The largest absolute Gasteiger partial charge is 0.505 e. The van der Waals surface area contributed by atoms with Gasteiger partial charge in [-0.2, -0.15) is 0 Å². The molecule has 1 saturated carbocycles. The molecule has 1 aliphatic heterocycles. The Bertz CT molecular complexity index is 1200. The zero-order valence-corrected chi connectivity index (χ0v) is 17.3. The van der Waals surface area contributed by atoms with E-state index < -0.39 is 5.82 Å². The molecule has 6 nitrogen and oxygen atoms in total. The maximum Gasteiger partial charge on any atom is 0.245 e. The van der Waals surface area contributed by atoms with Crippen LogP contribution in [0.1, 0.15) is 25.3 Å². The van der Waals surface area contributed by atoms with E-state index in [1.54, 1.807) is 17.4 Å². The number of fused-ring (bicyclic) bond motifs is 1. The summed E-state index contributed by atoms with van der Waals surface area (Å²) in [7, 11) is 0. The number of ether oxygens (including phenoxy) is 1. The third-order valence-electron chi connectivity index (χ3n) is 6.70. The van der Waals surface area contributed by atoms with Crippen LogP contribution in [0.15, 0.2) is 49.6 Å². The number of amides is 1. The molecule has 3 heterocycles. The first-order chi connectivity index (χ1) is 14.9. The van der Waals surface area contributed by atoms with E-state index in [4.69, 9.17) is 4.74 Å². The Balaban J connectivity index is 1.48. The summed E-state index contributed by atoms with van der Waals surface area (Å²) in [6.45, 7) is 6.89. The molecule has 7 heteroatoms. The standard InChI is InChI=1S/C24H24FN3O3/c1-3-15-7-20(29)18(25)9-17(15)16-8-21(19-10-26-14-27(19)11-16)31-22-5-6-24(22)12-28(13-24)23(30)4-2/h4,7-11,14,22,29H,2-3,5-6,12-13H2,1H3. The van der Waals surface area contributed by atoms with Gasteiger partial charge < -0.3 is 19.1 Å². The number of hydrogen-bond donors (Lipinski definition) is 1. The van der Waals surface area contributed by atoms with Gasteiger partial charge in [-0.05, 0) is 54.7 Å². The summed E-state index contributed by atoms with van der Waals surface area (Å²) in [5.74, 6) is -0.360. The van der Waals surface area contributed by atoms with Gasteiger partial charge >= 0.3 is 0 Å². The second-order valence-electron chi connectivity index (χ2n) is 8.50. The van der Waals surface area contributed by atoms with Crippen LogP contribution < -0.4 is 4.74 Å². The summed E-state index contributed by atoms with van der Waals surface area (Å²) < 4.78 is 22.5. The Labute approximate surface area is 179 Å². The Kier molecular flexibility index (Phi) is 4.50. The Morgan fingerprint density at radius 1 is 1.42 bits per heavy atom. The number of rotatable bonds is 5. The van der Waals surface area contributed by atoms with Crippen molar-refractivity contribution in [3.05, 3.63) is 61.0 Å². The van der Waals surface area contributed by atoms with Crippen molar-refractivity contribution >= 4 is 11.4 Å². The molecule has 1 aliphatic carbocycles. The zero-order valence-electron chi connectivity index (χ0n) is 17.3. The molecule has 31 heavy (non-hydrogen) atoms. The lowest BCUT2D eigenvalue weighted by molar-refractivity contribution is -0.165. The fourth-order valence-electron chi connectivity index (χ4n) is 4.78. The van der Waals surface area contributed by atoms with E-state index in [1.807, 2.05) is 23.6 Å². The van der Waals surface area contributed by atoms with Gasteiger partial charge in [0.25, 0.3) is 0 Å². The summed E-state index contributed by atoms with van der Waals surface area (Å²) in [4.78, 5) is 17.9. The number of aromatic hydroxyl groups is 1. The number of phenols is 1. The summed E-state index contributed by atoms with van der Waals surface area (Å²) >= 11 is 0. The van der Waals surface area contributed by atoms with Gasteiger partial charge in [0.05, 0.1) is 12.5 Å². The van der Waals surface area contributed by atoms with Crippen LogP contribution in [0.2, 0.25) is 0 Å². The molecule has 1 saturated heterocycles. The minimum absolute atomic E-state index is 0.00902. The molecule has 2 fully saturated rings. The van der Waals surface area contributed by atoms with Crippen molar-refractivity contribution in [1.29, 1.82) is 0 Å². The van der Waals surface area contributed by atoms with E-state index in [9.17, 15) is 14.3 Å². The summed E-state index contributed by atoms with van der Waals surface area (Å²) in [6, 6.07) is 4.76. The van der Waals surface area contributed by atoms with E-state index in [1.165, 1.54) is 18.2 Å². The molecular formula is C24H24FN3O3. The van der Waals surface area contributed by atoms with Crippen LogP contribution in [0.3, 0.4) is 0 Å². The topological polar surface area (TPSA) is 67.1 Å². The van der Waals surface area contributed by atoms with E-state index in [-0.39, 0.29) is 23.2 Å². The van der Waals surface area contributed by atoms with Gasteiger partial charge in [0.1, 0.15) is 17.4 Å². The van der Waals surface area contributed by atoms with Crippen LogP contribution in [0.4, 0.5) is 4.39 Å². The van der Waals surface area contributed by atoms with Gasteiger partial charge in [0.2, 0.25) is 5.91 Å². The highest BCUT2D eigenvalue weighted by molar-refractivity contribution is 5.87. The molecule has 0 radical (unpaired) electrons. The first-order valence-electron chi connectivity index (χ1n) is 10.5. The van der Waals surface area contributed by atoms with Crippen molar-refractivity contribution in [1.82, 2.24) is 14.3 Å². The average molecular weight is 421 g/mol. The zero-order chi connectivity index (χ0) is 21.8. The second-order valence-corrected chi connectivity index (χ2v) is 8.50. The van der Waals surface area contributed by atoms with Crippen molar-refractivity contribution in [3.63, 3.8) is 0 Å². The quantitative estimate of drug-likeness (QED) is 0.633. The van der Waals surface area contributed by atoms with Crippen LogP contribution >= 0.6 is 0 Å². The van der Waals surface area contributed by atoms with Crippen molar-refractivity contribution in [2.24, 2.45) is 5.41 Å². The van der Waals surface area contributed by atoms with Gasteiger partial charge in [-0.1, -0.05) is 13.5 Å². The third kappa shape index (κ3) is 3.07. The van der Waals surface area contributed by atoms with Crippen LogP contribution in [0.5, 0.6) is 11.5 Å². The highest BCUT2D eigenvalue weighted by atomic mass is 19.1. The maximum atomic E-state index is 14.2. The number of benzene rings is 1. The van der Waals surface area contributed by atoms with Crippen molar-refractivity contribution < 1.29 is 19.0 Å². The fraction of sp³-hybridized carbons (Fsp3) is 0.333. The average Bonchev–Trinajstić information content (AvgIpc) is 3.20. The molecule has 1 N–H and O–H groups in total. The monoisotopic (exact) mass is 421 g/mol. The van der Waals surface area contributed by atoms with Gasteiger partial charge in [0, 0.05) is 30.3 Å². The first kappa shape index (κ1) is 19.6. The predicted octanol–water partition coefficient (Wildman–Crippen LogP) is 3.96. The number of imidazole rings is 1. The molecule has 1 atom stereocenters. The minimum Gasteiger partial charge on any atom is -0.505 e. The van der Waals surface area contributed by atoms with E-state index in [0.717, 1.165) is 29.5 Å². The highest BCUT2D eigenvalue weighted by Crippen LogP contribution is 2.50. The number of aromatic nitrogens is 2. The Hall–Kier alpha value is -3.35. The van der Waals surface area contributed by atoms with Gasteiger partial charge in [-0.15, -0.1) is 0 Å². The van der Waals surface area contributed by atoms with Crippen molar-refractivity contribution in [2.45, 2.75) is 32.3 Å².